The van der Waals surface area contributed by atoms with E-state index in [2.05, 4.69) is 47.5 Å². The predicted octanol–water partition coefficient (Wildman–Crippen LogP) is 5.52. The van der Waals surface area contributed by atoms with Crippen molar-refractivity contribution in [1.82, 2.24) is 14.6 Å². The molecule has 7 heteroatoms. The Hall–Kier alpha value is -3.38. The lowest BCUT2D eigenvalue weighted by molar-refractivity contribution is -0.120. The normalized spacial score (nSPS) is 14.6. The van der Waals surface area contributed by atoms with Crippen molar-refractivity contribution in [3.05, 3.63) is 76.9 Å². The van der Waals surface area contributed by atoms with E-state index < -0.39 is 0 Å². The van der Waals surface area contributed by atoms with E-state index >= 15 is 0 Å². The fraction of sp³-hybridized carbons (Fsp3) is 0.269. The number of carbonyl (C=O) groups excluding carboxylic acids is 1. The van der Waals surface area contributed by atoms with Crippen molar-refractivity contribution in [2.75, 3.05) is 23.3 Å². The summed E-state index contributed by atoms with van der Waals surface area (Å²) in [5.41, 5.74) is 5.65. The van der Waals surface area contributed by atoms with E-state index in [1.165, 1.54) is 5.56 Å². The standard InChI is InChI=1S/C26H26ClN5O/c1-17-7-9-19(10-8-17)23-16-24-28-18(2)15-25(32(24)30-23)31-13-11-20(12-14-31)26(33)29-22-6-4-3-5-21(22)27/h3-10,15-16,20H,11-14H2,1-2H3,(H,29,33). The SMILES string of the molecule is Cc1ccc(-c2cc3nc(C)cc(N4CCC(C(=O)Nc5ccccc5Cl)CC4)n3n2)cc1. The molecule has 0 spiro atoms. The number of nitrogens with one attached hydrogen (secondary N) is 1. The molecule has 0 unspecified atom stereocenters. The van der Waals surface area contributed by atoms with Crippen molar-refractivity contribution in [2.45, 2.75) is 26.7 Å². The van der Waals surface area contributed by atoms with Gasteiger partial charge >= 0.3 is 0 Å². The van der Waals surface area contributed by atoms with Gasteiger partial charge in [0, 0.05) is 42.4 Å². The Balaban J connectivity index is 1.34. The summed E-state index contributed by atoms with van der Waals surface area (Å²) in [6.07, 6.45) is 1.54. The molecule has 0 bridgehead atoms. The number of carbonyl (C=O) groups is 1. The Bertz CT molecular complexity index is 1310. The molecule has 4 aromatic rings. The molecule has 0 aliphatic carbocycles. The van der Waals surface area contributed by atoms with E-state index in [1.807, 2.05) is 35.7 Å². The second kappa shape index (κ2) is 8.87. The fourth-order valence-electron chi connectivity index (χ4n) is 4.34. The number of fused-ring (bicyclic) bond motifs is 1. The van der Waals surface area contributed by atoms with Crippen molar-refractivity contribution in [1.29, 1.82) is 0 Å². The summed E-state index contributed by atoms with van der Waals surface area (Å²) >= 11 is 6.20. The molecular formula is C26H26ClN5O. The number of halogens is 1. The molecule has 0 radical (unpaired) electrons. The van der Waals surface area contributed by atoms with E-state index in [0.29, 0.717) is 10.7 Å². The average Bonchev–Trinajstić information content (AvgIpc) is 3.24. The zero-order valence-electron chi connectivity index (χ0n) is 18.8. The molecule has 1 amide bonds. The number of aromatic nitrogens is 3. The van der Waals surface area contributed by atoms with Gasteiger partial charge in [0.1, 0.15) is 5.82 Å². The molecule has 0 atom stereocenters. The number of piperidine rings is 1. The molecule has 1 N–H and O–H groups in total. The second-order valence-corrected chi connectivity index (χ2v) is 9.06. The zero-order valence-corrected chi connectivity index (χ0v) is 19.5. The third-order valence-electron chi connectivity index (χ3n) is 6.21. The van der Waals surface area contributed by atoms with E-state index in [1.54, 1.807) is 6.07 Å². The van der Waals surface area contributed by atoms with Gasteiger partial charge in [-0.05, 0) is 38.8 Å². The van der Waals surface area contributed by atoms with Crippen LogP contribution in [0.1, 0.15) is 24.1 Å². The molecule has 2 aromatic carbocycles. The number of anilines is 2. The Kier molecular flexibility index (Phi) is 5.77. The first-order valence-corrected chi connectivity index (χ1v) is 11.6. The molecule has 6 nitrogen and oxygen atoms in total. The van der Waals surface area contributed by atoms with Crippen molar-refractivity contribution in [3.63, 3.8) is 0 Å². The van der Waals surface area contributed by atoms with Gasteiger partial charge < -0.3 is 10.2 Å². The number of rotatable bonds is 4. The zero-order chi connectivity index (χ0) is 22.9. The number of nitrogens with zero attached hydrogens (tertiary/aromatic N) is 4. The predicted molar refractivity (Wildman–Crippen MR) is 133 cm³/mol. The van der Waals surface area contributed by atoms with Gasteiger partial charge in [-0.25, -0.2) is 4.98 Å². The van der Waals surface area contributed by atoms with Gasteiger partial charge in [0.25, 0.3) is 0 Å². The minimum atomic E-state index is -0.0447. The molecule has 33 heavy (non-hydrogen) atoms. The van der Waals surface area contributed by atoms with Crippen LogP contribution in [0.2, 0.25) is 5.02 Å². The lowest BCUT2D eigenvalue weighted by Crippen LogP contribution is -2.39. The average molecular weight is 460 g/mol. The van der Waals surface area contributed by atoms with Gasteiger partial charge in [0.15, 0.2) is 5.65 Å². The minimum absolute atomic E-state index is 0.0274. The molecule has 1 aliphatic rings. The van der Waals surface area contributed by atoms with Crippen LogP contribution in [0.5, 0.6) is 0 Å². The lowest BCUT2D eigenvalue weighted by atomic mass is 9.95. The van der Waals surface area contributed by atoms with Crippen LogP contribution in [0.15, 0.2) is 60.7 Å². The van der Waals surface area contributed by atoms with Gasteiger partial charge in [0.2, 0.25) is 5.91 Å². The van der Waals surface area contributed by atoms with Gasteiger partial charge in [-0.1, -0.05) is 53.6 Å². The third kappa shape index (κ3) is 4.44. The largest absolute Gasteiger partial charge is 0.356 e. The number of hydrogen-bond donors (Lipinski definition) is 1. The summed E-state index contributed by atoms with van der Waals surface area (Å²) in [6.45, 7) is 5.64. The highest BCUT2D eigenvalue weighted by atomic mass is 35.5. The molecule has 5 rings (SSSR count). The van der Waals surface area contributed by atoms with E-state index in [4.69, 9.17) is 21.7 Å². The Morgan fingerprint density at radius 1 is 1.03 bits per heavy atom. The summed E-state index contributed by atoms with van der Waals surface area (Å²) in [6, 6.07) is 19.8. The Morgan fingerprint density at radius 2 is 1.76 bits per heavy atom. The molecule has 3 heterocycles. The minimum Gasteiger partial charge on any atom is -0.356 e. The van der Waals surface area contributed by atoms with E-state index in [0.717, 1.165) is 54.3 Å². The molecule has 1 fully saturated rings. The highest BCUT2D eigenvalue weighted by molar-refractivity contribution is 6.33. The van der Waals surface area contributed by atoms with Crippen molar-refractivity contribution < 1.29 is 4.79 Å². The first-order valence-electron chi connectivity index (χ1n) is 11.2. The van der Waals surface area contributed by atoms with Gasteiger partial charge in [-0.15, -0.1) is 0 Å². The number of hydrogen-bond acceptors (Lipinski definition) is 4. The Morgan fingerprint density at radius 3 is 2.48 bits per heavy atom. The van der Waals surface area contributed by atoms with Gasteiger partial charge in [-0.3, -0.25) is 4.79 Å². The summed E-state index contributed by atoms with van der Waals surface area (Å²) in [7, 11) is 0. The molecule has 168 valence electrons. The van der Waals surface area contributed by atoms with E-state index in [-0.39, 0.29) is 11.8 Å². The Labute approximate surface area is 198 Å². The van der Waals surface area contributed by atoms with Crippen molar-refractivity contribution >= 4 is 34.7 Å². The third-order valence-corrected chi connectivity index (χ3v) is 6.53. The van der Waals surface area contributed by atoms with Crippen LogP contribution < -0.4 is 10.2 Å². The lowest BCUT2D eigenvalue weighted by Gasteiger charge is -2.33. The summed E-state index contributed by atoms with van der Waals surface area (Å²) in [5, 5.41) is 8.41. The maximum Gasteiger partial charge on any atom is 0.227 e. The summed E-state index contributed by atoms with van der Waals surface area (Å²) in [5.74, 6) is 0.997. The topological polar surface area (TPSA) is 62.5 Å². The first kappa shape index (κ1) is 21.5. The highest BCUT2D eigenvalue weighted by Crippen LogP contribution is 2.28. The molecule has 1 saturated heterocycles. The summed E-state index contributed by atoms with van der Waals surface area (Å²) < 4.78 is 1.92. The fourth-order valence-corrected chi connectivity index (χ4v) is 4.52. The smallest absolute Gasteiger partial charge is 0.227 e. The van der Waals surface area contributed by atoms with Gasteiger partial charge in [-0.2, -0.15) is 9.61 Å². The number of para-hydroxylation sites is 1. The second-order valence-electron chi connectivity index (χ2n) is 8.65. The molecule has 2 aromatic heterocycles. The summed E-state index contributed by atoms with van der Waals surface area (Å²) in [4.78, 5) is 19.8. The highest BCUT2D eigenvalue weighted by Gasteiger charge is 2.27. The number of benzene rings is 2. The van der Waals surface area contributed by atoms with Crippen LogP contribution in [-0.4, -0.2) is 33.6 Å². The number of amides is 1. The maximum atomic E-state index is 12.8. The van der Waals surface area contributed by atoms with Crippen LogP contribution in [0.4, 0.5) is 11.5 Å². The van der Waals surface area contributed by atoms with Crippen LogP contribution in [0.3, 0.4) is 0 Å². The monoisotopic (exact) mass is 459 g/mol. The number of aryl methyl sites for hydroxylation is 2. The van der Waals surface area contributed by atoms with Crippen LogP contribution in [-0.2, 0) is 4.79 Å². The van der Waals surface area contributed by atoms with Crippen LogP contribution in [0, 0.1) is 19.8 Å². The molecule has 0 saturated carbocycles. The quantitative estimate of drug-likeness (QED) is 0.436. The molecular weight excluding hydrogens is 434 g/mol. The van der Waals surface area contributed by atoms with Crippen LogP contribution in [0.25, 0.3) is 16.9 Å². The maximum absolute atomic E-state index is 12.8. The van der Waals surface area contributed by atoms with Gasteiger partial charge in [0.05, 0.1) is 16.4 Å². The van der Waals surface area contributed by atoms with E-state index in [9.17, 15) is 4.79 Å². The van der Waals surface area contributed by atoms with Crippen molar-refractivity contribution in [2.24, 2.45) is 5.92 Å². The first-order chi connectivity index (χ1) is 16.0. The van der Waals surface area contributed by atoms with Crippen molar-refractivity contribution in [3.8, 4) is 11.3 Å². The molecule has 1 aliphatic heterocycles. The van der Waals surface area contributed by atoms with Crippen LogP contribution >= 0.6 is 11.6 Å².